The minimum absolute atomic E-state index is 0.0437. The number of benzene rings is 2. The van der Waals surface area contributed by atoms with Crippen LogP contribution < -0.4 is 11.1 Å². The highest BCUT2D eigenvalue weighted by molar-refractivity contribution is 6.44. The summed E-state index contributed by atoms with van der Waals surface area (Å²) in [7, 11) is 0. The molecule has 0 saturated heterocycles. The molecule has 2 aromatic carbocycles. The van der Waals surface area contributed by atoms with E-state index in [1.54, 1.807) is 0 Å². The van der Waals surface area contributed by atoms with E-state index in [0.717, 1.165) is 6.07 Å². The van der Waals surface area contributed by atoms with Gasteiger partial charge >= 0.3 is 0 Å². The first kappa shape index (κ1) is 15.5. The van der Waals surface area contributed by atoms with E-state index in [2.05, 4.69) is 5.32 Å². The molecule has 0 spiro atoms. The van der Waals surface area contributed by atoms with E-state index in [9.17, 15) is 13.6 Å². The van der Waals surface area contributed by atoms with Crippen LogP contribution in [0.25, 0.3) is 0 Å². The van der Waals surface area contributed by atoms with Crippen LogP contribution in [0.1, 0.15) is 15.9 Å². The predicted molar refractivity (Wildman–Crippen MR) is 79.9 cm³/mol. The van der Waals surface area contributed by atoms with Gasteiger partial charge in [0.2, 0.25) is 0 Å². The second-order valence-electron chi connectivity index (χ2n) is 4.37. The fraction of sp³-hybridized carbons (Fsp3) is 0.0714. The van der Waals surface area contributed by atoms with Crippen molar-refractivity contribution in [1.82, 2.24) is 0 Å². The number of aryl methyl sites for hydroxylation is 1. The van der Waals surface area contributed by atoms with Gasteiger partial charge in [0.15, 0.2) is 5.82 Å². The molecule has 0 heterocycles. The van der Waals surface area contributed by atoms with Crippen molar-refractivity contribution >= 4 is 40.5 Å². The molecule has 110 valence electrons. The van der Waals surface area contributed by atoms with Gasteiger partial charge in [-0.05, 0) is 30.7 Å². The van der Waals surface area contributed by atoms with E-state index >= 15 is 0 Å². The van der Waals surface area contributed by atoms with Gasteiger partial charge in [0, 0.05) is 5.56 Å². The van der Waals surface area contributed by atoms with Crippen molar-refractivity contribution in [3.63, 3.8) is 0 Å². The van der Waals surface area contributed by atoms with Crippen LogP contribution in [0.4, 0.5) is 20.2 Å². The van der Waals surface area contributed by atoms with Crippen LogP contribution in [0.15, 0.2) is 24.3 Å². The van der Waals surface area contributed by atoms with E-state index in [0.29, 0.717) is 0 Å². The summed E-state index contributed by atoms with van der Waals surface area (Å²) >= 11 is 11.6. The SMILES string of the molecule is Cc1ccc(F)c(NC(=O)c2cc(N)c(Cl)c(Cl)c2)c1F. The maximum atomic E-state index is 13.8. The van der Waals surface area contributed by atoms with Gasteiger partial charge in [0.05, 0.1) is 15.7 Å². The van der Waals surface area contributed by atoms with Crippen LogP contribution in [-0.2, 0) is 0 Å². The van der Waals surface area contributed by atoms with Crippen LogP contribution in [0, 0.1) is 18.6 Å². The van der Waals surface area contributed by atoms with Gasteiger partial charge < -0.3 is 11.1 Å². The highest BCUT2D eigenvalue weighted by Gasteiger charge is 2.17. The van der Waals surface area contributed by atoms with Crippen molar-refractivity contribution in [3.05, 3.63) is 57.1 Å². The Hall–Kier alpha value is -1.85. The van der Waals surface area contributed by atoms with Crippen molar-refractivity contribution in [2.24, 2.45) is 0 Å². The number of anilines is 2. The number of hydrogen-bond acceptors (Lipinski definition) is 2. The summed E-state index contributed by atoms with van der Waals surface area (Å²) in [6.07, 6.45) is 0. The Balaban J connectivity index is 2.37. The average molecular weight is 331 g/mol. The fourth-order valence-electron chi connectivity index (χ4n) is 1.70. The van der Waals surface area contributed by atoms with Gasteiger partial charge in [-0.2, -0.15) is 0 Å². The Morgan fingerprint density at radius 1 is 1.24 bits per heavy atom. The molecule has 21 heavy (non-hydrogen) atoms. The molecule has 0 aliphatic rings. The van der Waals surface area contributed by atoms with Crippen molar-refractivity contribution in [3.8, 4) is 0 Å². The molecule has 2 rings (SSSR count). The van der Waals surface area contributed by atoms with E-state index in [4.69, 9.17) is 28.9 Å². The summed E-state index contributed by atoms with van der Waals surface area (Å²) in [6.45, 7) is 1.46. The normalized spacial score (nSPS) is 10.5. The van der Waals surface area contributed by atoms with Crippen molar-refractivity contribution in [2.75, 3.05) is 11.1 Å². The summed E-state index contributed by atoms with van der Waals surface area (Å²) in [5.41, 5.74) is 5.42. The number of amides is 1. The lowest BCUT2D eigenvalue weighted by molar-refractivity contribution is 0.102. The minimum atomic E-state index is -0.875. The molecule has 0 atom stereocenters. The van der Waals surface area contributed by atoms with Crippen molar-refractivity contribution < 1.29 is 13.6 Å². The molecule has 1 amide bonds. The van der Waals surface area contributed by atoms with Gasteiger partial charge in [0.25, 0.3) is 5.91 Å². The van der Waals surface area contributed by atoms with Gasteiger partial charge in [0.1, 0.15) is 11.5 Å². The topological polar surface area (TPSA) is 55.1 Å². The van der Waals surface area contributed by atoms with E-state index < -0.39 is 23.2 Å². The number of nitrogens with two attached hydrogens (primary N) is 1. The number of nitrogens with one attached hydrogen (secondary N) is 1. The third-order valence-electron chi connectivity index (χ3n) is 2.84. The van der Waals surface area contributed by atoms with Crippen LogP contribution in [0.2, 0.25) is 10.0 Å². The second-order valence-corrected chi connectivity index (χ2v) is 5.15. The van der Waals surface area contributed by atoms with Gasteiger partial charge in [-0.1, -0.05) is 29.3 Å². The van der Waals surface area contributed by atoms with Gasteiger partial charge in [-0.3, -0.25) is 4.79 Å². The molecule has 0 aliphatic heterocycles. The molecule has 0 radical (unpaired) electrons. The Morgan fingerprint density at radius 3 is 2.52 bits per heavy atom. The number of hydrogen-bond donors (Lipinski definition) is 2. The largest absolute Gasteiger partial charge is 0.397 e. The van der Waals surface area contributed by atoms with Crippen molar-refractivity contribution in [1.29, 1.82) is 0 Å². The quantitative estimate of drug-likeness (QED) is 0.801. The molecule has 0 fully saturated rings. The Kier molecular flexibility index (Phi) is 4.34. The van der Waals surface area contributed by atoms with Crippen LogP contribution in [0.3, 0.4) is 0 Å². The lowest BCUT2D eigenvalue weighted by atomic mass is 10.1. The van der Waals surface area contributed by atoms with Crippen molar-refractivity contribution in [2.45, 2.75) is 6.92 Å². The first-order valence-corrected chi connectivity index (χ1v) is 6.57. The Morgan fingerprint density at radius 2 is 1.90 bits per heavy atom. The molecule has 0 bridgehead atoms. The Bertz CT molecular complexity index is 712. The zero-order valence-corrected chi connectivity index (χ0v) is 12.3. The first-order chi connectivity index (χ1) is 9.81. The predicted octanol–water partition coefficient (Wildman–Crippen LogP) is 4.41. The Labute approximate surface area is 129 Å². The lowest BCUT2D eigenvalue weighted by Crippen LogP contribution is -2.15. The maximum Gasteiger partial charge on any atom is 0.255 e. The lowest BCUT2D eigenvalue weighted by Gasteiger charge is -2.10. The number of carbonyl (C=O) groups is 1. The number of nitrogen functional groups attached to an aromatic ring is 1. The zero-order valence-electron chi connectivity index (χ0n) is 10.8. The zero-order chi connectivity index (χ0) is 15.7. The molecular weight excluding hydrogens is 321 g/mol. The summed E-state index contributed by atoms with van der Waals surface area (Å²) in [6, 6.07) is 4.88. The summed E-state index contributed by atoms with van der Waals surface area (Å²) in [4.78, 5) is 12.0. The van der Waals surface area contributed by atoms with E-state index in [1.165, 1.54) is 25.1 Å². The molecule has 3 nitrogen and oxygen atoms in total. The molecule has 7 heteroatoms. The highest BCUT2D eigenvalue weighted by atomic mass is 35.5. The molecule has 0 aromatic heterocycles. The van der Waals surface area contributed by atoms with Gasteiger partial charge in [-0.25, -0.2) is 8.78 Å². The molecule has 0 saturated carbocycles. The molecule has 0 aliphatic carbocycles. The van der Waals surface area contributed by atoms with Crippen LogP contribution >= 0.6 is 23.2 Å². The smallest absolute Gasteiger partial charge is 0.255 e. The van der Waals surface area contributed by atoms with E-state index in [1.807, 2.05) is 0 Å². The monoisotopic (exact) mass is 330 g/mol. The summed E-state index contributed by atoms with van der Waals surface area (Å²) in [5.74, 6) is -2.46. The van der Waals surface area contributed by atoms with Crippen LogP contribution in [-0.4, -0.2) is 5.91 Å². The van der Waals surface area contributed by atoms with Gasteiger partial charge in [-0.15, -0.1) is 0 Å². The molecule has 2 aromatic rings. The van der Waals surface area contributed by atoms with E-state index in [-0.39, 0.29) is 26.9 Å². The fourth-order valence-corrected chi connectivity index (χ4v) is 2.03. The number of halogens is 4. The summed E-state index contributed by atoms with van der Waals surface area (Å²) in [5, 5.41) is 2.35. The molecular formula is C14H10Cl2F2N2O. The standard InChI is InChI=1S/C14H10Cl2F2N2O/c1-6-2-3-9(17)13(12(6)18)20-14(21)7-4-8(15)11(16)10(19)5-7/h2-5H,19H2,1H3,(H,20,21). The van der Waals surface area contributed by atoms with Crippen LogP contribution in [0.5, 0.6) is 0 Å². The first-order valence-electron chi connectivity index (χ1n) is 5.81. The maximum absolute atomic E-state index is 13.8. The second kappa shape index (κ2) is 5.87. The third kappa shape index (κ3) is 3.09. The average Bonchev–Trinajstić information content (AvgIpc) is 2.44. The number of carbonyl (C=O) groups excluding carboxylic acids is 1. The molecule has 0 unspecified atom stereocenters. The number of rotatable bonds is 2. The highest BCUT2D eigenvalue weighted by Crippen LogP contribution is 2.30. The summed E-state index contributed by atoms with van der Waals surface area (Å²) < 4.78 is 27.4. The minimum Gasteiger partial charge on any atom is -0.397 e. The molecule has 3 N–H and O–H groups in total. The third-order valence-corrected chi connectivity index (χ3v) is 3.66.